The van der Waals surface area contributed by atoms with Crippen LogP contribution in [0.2, 0.25) is 0 Å². The Hall–Kier alpha value is -0.890. The molecule has 7 heteroatoms. The molecule has 0 radical (unpaired) electrons. The minimum absolute atomic E-state index is 0.0839. The molecule has 0 aliphatic rings. The fourth-order valence-corrected chi connectivity index (χ4v) is 1.83. The van der Waals surface area contributed by atoms with Crippen LogP contribution in [0, 0.1) is 10.8 Å². The highest BCUT2D eigenvalue weighted by Gasteiger charge is 2.27. The Balaban J connectivity index is 3.97. The van der Waals surface area contributed by atoms with Crippen molar-refractivity contribution in [2.75, 3.05) is 13.2 Å². The Morgan fingerprint density at radius 2 is 1.14 bits per heavy atom. The second kappa shape index (κ2) is 9.29. The van der Waals surface area contributed by atoms with Gasteiger partial charge in [-0.15, -0.1) is 0 Å². The molecule has 0 spiro atoms. The molecule has 0 saturated heterocycles. The van der Waals surface area contributed by atoms with Crippen molar-refractivity contribution in [3.8, 4) is 0 Å². The van der Waals surface area contributed by atoms with Crippen LogP contribution in [0.5, 0.6) is 0 Å². The third-order valence-electron chi connectivity index (χ3n) is 3.39. The van der Waals surface area contributed by atoms with Gasteiger partial charge in [-0.05, 0) is 10.8 Å². The third-order valence-corrected chi connectivity index (χ3v) is 3.39. The van der Waals surface area contributed by atoms with Crippen LogP contribution in [0.1, 0.15) is 54.4 Å². The molecule has 2 unspecified atom stereocenters. The second-order valence-electron chi connectivity index (χ2n) is 7.44. The Morgan fingerprint density at radius 3 is 1.36 bits per heavy atom. The highest BCUT2D eigenvalue weighted by molar-refractivity contribution is 5.59. The van der Waals surface area contributed by atoms with Crippen molar-refractivity contribution in [3.05, 3.63) is 0 Å². The monoisotopic (exact) mass is 322 g/mol. The van der Waals surface area contributed by atoms with Crippen LogP contribution < -0.4 is 0 Å². The smallest absolute Gasteiger partial charge is 0.434 e. The van der Waals surface area contributed by atoms with Crippen LogP contribution >= 0.6 is 0 Å². The zero-order valence-electron chi connectivity index (χ0n) is 14.4. The summed E-state index contributed by atoms with van der Waals surface area (Å²) in [6, 6.07) is 0. The lowest BCUT2D eigenvalue weighted by atomic mass is 9.87. The average molecular weight is 322 g/mol. The first-order chi connectivity index (χ1) is 10.0. The SMILES string of the molecule is CC(C)(C)C(CCOC(=O)OCCC(OO)C(C)(C)C)OO. The number of carbonyl (C=O) groups is 1. The molecule has 2 N–H and O–H groups in total. The van der Waals surface area contributed by atoms with Crippen molar-refractivity contribution in [1.82, 2.24) is 0 Å². The van der Waals surface area contributed by atoms with Crippen LogP contribution in [0.3, 0.4) is 0 Å². The van der Waals surface area contributed by atoms with E-state index in [1.807, 2.05) is 41.5 Å². The van der Waals surface area contributed by atoms with Crippen molar-refractivity contribution >= 4 is 6.16 Å². The first-order valence-corrected chi connectivity index (χ1v) is 7.42. The molecular weight excluding hydrogens is 292 g/mol. The fraction of sp³-hybridized carbons (Fsp3) is 0.933. The summed E-state index contributed by atoms with van der Waals surface area (Å²) in [5.41, 5.74) is -0.527. The first-order valence-electron chi connectivity index (χ1n) is 7.42. The lowest BCUT2D eigenvalue weighted by Crippen LogP contribution is -2.31. The lowest BCUT2D eigenvalue weighted by molar-refractivity contribution is -0.302. The van der Waals surface area contributed by atoms with E-state index < -0.39 is 18.4 Å². The number of hydrogen-bond acceptors (Lipinski definition) is 7. The summed E-state index contributed by atoms with van der Waals surface area (Å²) in [7, 11) is 0. The van der Waals surface area contributed by atoms with Crippen molar-refractivity contribution in [1.29, 1.82) is 0 Å². The second-order valence-corrected chi connectivity index (χ2v) is 7.44. The Kier molecular flexibility index (Phi) is 8.92. The topological polar surface area (TPSA) is 94.5 Å². The first kappa shape index (κ1) is 21.1. The molecule has 0 rings (SSSR count). The summed E-state index contributed by atoms with van der Waals surface area (Å²) in [4.78, 5) is 20.2. The molecule has 0 bridgehead atoms. The van der Waals surface area contributed by atoms with Gasteiger partial charge in [-0.25, -0.2) is 14.6 Å². The largest absolute Gasteiger partial charge is 0.508 e. The van der Waals surface area contributed by atoms with Gasteiger partial charge in [0.1, 0.15) is 12.2 Å². The van der Waals surface area contributed by atoms with Crippen LogP contribution in [0.25, 0.3) is 0 Å². The average Bonchev–Trinajstić information content (AvgIpc) is 2.36. The summed E-state index contributed by atoms with van der Waals surface area (Å²) in [5, 5.41) is 17.6. The minimum Gasteiger partial charge on any atom is -0.434 e. The van der Waals surface area contributed by atoms with E-state index >= 15 is 0 Å². The molecule has 0 amide bonds. The van der Waals surface area contributed by atoms with E-state index in [4.69, 9.17) is 20.0 Å². The van der Waals surface area contributed by atoms with Crippen LogP contribution in [0.4, 0.5) is 4.79 Å². The zero-order valence-corrected chi connectivity index (χ0v) is 14.4. The van der Waals surface area contributed by atoms with Gasteiger partial charge in [0.2, 0.25) is 0 Å². The third kappa shape index (κ3) is 8.53. The molecule has 0 aromatic heterocycles. The van der Waals surface area contributed by atoms with Crippen LogP contribution in [-0.2, 0) is 19.2 Å². The summed E-state index contributed by atoms with van der Waals surface area (Å²) in [6.07, 6.45) is -0.947. The molecule has 0 aliphatic heterocycles. The highest BCUT2D eigenvalue weighted by atomic mass is 17.1. The maximum atomic E-state index is 11.4. The quantitative estimate of drug-likeness (QED) is 0.399. The standard InChI is InChI=1S/C15H30O7/c1-14(2,3)11(21-17)7-9-19-13(16)20-10-8-12(22-18)15(4,5)6/h11-12,17-18H,7-10H2,1-6H3. The van der Waals surface area contributed by atoms with Gasteiger partial charge in [-0.3, -0.25) is 10.5 Å². The Labute approximate surface area is 132 Å². The van der Waals surface area contributed by atoms with Crippen molar-refractivity contribution < 1.29 is 34.6 Å². The maximum absolute atomic E-state index is 11.4. The Morgan fingerprint density at radius 1 is 0.818 bits per heavy atom. The Bertz CT molecular complexity index is 287. The van der Waals surface area contributed by atoms with Crippen molar-refractivity contribution in [2.45, 2.75) is 66.6 Å². The molecular formula is C15H30O7. The summed E-state index contributed by atoms with van der Waals surface area (Å²) in [6.45, 7) is 11.6. The molecule has 2 atom stereocenters. The number of carbonyl (C=O) groups excluding carboxylic acids is 1. The van der Waals surface area contributed by atoms with E-state index in [1.165, 1.54) is 0 Å². The number of ether oxygens (including phenoxy) is 2. The number of rotatable bonds is 8. The normalized spacial score (nSPS) is 15.3. The molecule has 0 aromatic rings. The zero-order chi connectivity index (χ0) is 17.4. The van der Waals surface area contributed by atoms with Gasteiger partial charge in [0, 0.05) is 12.8 Å². The lowest BCUT2D eigenvalue weighted by Gasteiger charge is -2.27. The summed E-state index contributed by atoms with van der Waals surface area (Å²) < 4.78 is 9.83. The van der Waals surface area contributed by atoms with Gasteiger partial charge in [-0.1, -0.05) is 41.5 Å². The molecule has 0 heterocycles. The maximum Gasteiger partial charge on any atom is 0.508 e. The van der Waals surface area contributed by atoms with Crippen LogP contribution in [-0.4, -0.2) is 42.1 Å². The summed E-state index contributed by atoms with van der Waals surface area (Å²) >= 11 is 0. The summed E-state index contributed by atoms with van der Waals surface area (Å²) in [5.74, 6) is 0. The predicted molar refractivity (Wildman–Crippen MR) is 80.4 cm³/mol. The molecule has 0 saturated carbocycles. The van der Waals surface area contributed by atoms with Crippen molar-refractivity contribution in [2.24, 2.45) is 10.8 Å². The molecule has 22 heavy (non-hydrogen) atoms. The molecule has 7 nitrogen and oxygen atoms in total. The van der Waals surface area contributed by atoms with E-state index in [9.17, 15) is 4.79 Å². The van der Waals surface area contributed by atoms with Gasteiger partial charge < -0.3 is 9.47 Å². The van der Waals surface area contributed by atoms with E-state index in [0.717, 1.165) is 0 Å². The number of hydrogen-bond donors (Lipinski definition) is 2. The van der Waals surface area contributed by atoms with Gasteiger partial charge >= 0.3 is 6.16 Å². The van der Waals surface area contributed by atoms with E-state index in [2.05, 4.69) is 9.78 Å². The molecule has 0 aromatic carbocycles. The minimum atomic E-state index is -0.795. The van der Waals surface area contributed by atoms with Crippen LogP contribution in [0.15, 0.2) is 0 Å². The molecule has 132 valence electrons. The van der Waals surface area contributed by atoms with Crippen molar-refractivity contribution in [3.63, 3.8) is 0 Å². The molecule has 0 fully saturated rings. The highest BCUT2D eigenvalue weighted by Crippen LogP contribution is 2.25. The van der Waals surface area contributed by atoms with Gasteiger partial charge in [0.25, 0.3) is 0 Å². The fourth-order valence-electron chi connectivity index (χ4n) is 1.83. The van der Waals surface area contributed by atoms with E-state index in [-0.39, 0.29) is 24.0 Å². The van der Waals surface area contributed by atoms with Gasteiger partial charge in [-0.2, -0.15) is 0 Å². The van der Waals surface area contributed by atoms with E-state index in [0.29, 0.717) is 12.8 Å². The van der Waals surface area contributed by atoms with Gasteiger partial charge in [0.15, 0.2) is 0 Å². The van der Waals surface area contributed by atoms with Gasteiger partial charge in [0.05, 0.1) is 13.2 Å². The predicted octanol–water partition coefficient (Wildman–Crippen LogP) is 3.73. The van der Waals surface area contributed by atoms with E-state index in [1.54, 1.807) is 0 Å². The molecule has 0 aliphatic carbocycles.